The van der Waals surface area contributed by atoms with Crippen LogP contribution in [0.5, 0.6) is 0 Å². The molecule has 4 heteroatoms. The van der Waals surface area contributed by atoms with Gasteiger partial charge in [-0.2, -0.15) is 0 Å². The zero-order valence-electron chi connectivity index (χ0n) is 9.65. The fourth-order valence-corrected chi connectivity index (χ4v) is 2.92. The number of aromatic nitrogens is 2. The Bertz CT molecular complexity index is 365. The van der Waals surface area contributed by atoms with E-state index < -0.39 is 0 Å². The van der Waals surface area contributed by atoms with Crippen molar-refractivity contribution >= 4 is 0 Å². The Labute approximate surface area is 96.2 Å². The summed E-state index contributed by atoms with van der Waals surface area (Å²) < 4.78 is 2.42. The molecule has 1 saturated heterocycles. The van der Waals surface area contributed by atoms with Crippen LogP contribution in [0.25, 0.3) is 0 Å². The van der Waals surface area contributed by atoms with Crippen molar-refractivity contribution in [3.63, 3.8) is 0 Å². The Morgan fingerprint density at radius 1 is 1.31 bits per heavy atom. The lowest BCUT2D eigenvalue weighted by Gasteiger charge is -2.26. The average Bonchev–Trinajstić information content (AvgIpc) is 2.73. The number of nitrogens with two attached hydrogens (primary N) is 1. The number of nitrogens with one attached hydrogen (secondary N) is 1. The molecule has 0 bridgehead atoms. The summed E-state index contributed by atoms with van der Waals surface area (Å²) in [6.07, 6.45) is 6.58. The maximum absolute atomic E-state index is 5.99. The lowest BCUT2D eigenvalue weighted by Crippen LogP contribution is -2.33. The minimum atomic E-state index is 0.338. The number of fused-ring (bicyclic) bond motifs is 1. The highest BCUT2D eigenvalue weighted by Crippen LogP contribution is 2.27. The minimum Gasteiger partial charge on any atom is -0.332 e. The molecule has 88 valence electrons. The maximum Gasteiger partial charge on any atom is 0.112 e. The fourth-order valence-electron chi connectivity index (χ4n) is 2.92. The van der Waals surface area contributed by atoms with Crippen LogP contribution in [0.4, 0.5) is 0 Å². The van der Waals surface area contributed by atoms with Crippen molar-refractivity contribution in [2.24, 2.45) is 5.73 Å². The largest absolute Gasteiger partial charge is 0.332 e. The van der Waals surface area contributed by atoms with Gasteiger partial charge in [-0.05, 0) is 32.4 Å². The third-order valence-corrected chi connectivity index (χ3v) is 3.87. The standard InChI is InChI=1S/C12H20N4/c13-10-3-6-16-11(7-10)8-15-12(16)9-1-4-14-5-2-9/h8-10,14H,1-7,13H2. The smallest absolute Gasteiger partial charge is 0.112 e. The van der Waals surface area contributed by atoms with E-state index in [9.17, 15) is 0 Å². The molecule has 1 unspecified atom stereocenters. The van der Waals surface area contributed by atoms with Gasteiger partial charge in [0.05, 0.1) is 0 Å². The van der Waals surface area contributed by atoms with Crippen LogP contribution in [0.1, 0.15) is 36.7 Å². The molecule has 3 rings (SSSR count). The molecular formula is C12H20N4. The summed E-state index contributed by atoms with van der Waals surface area (Å²) in [6, 6.07) is 0.338. The van der Waals surface area contributed by atoms with E-state index in [1.54, 1.807) is 0 Å². The van der Waals surface area contributed by atoms with Gasteiger partial charge < -0.3 is 15.6 Å². The summed E-state index contributed by atoms with van der Waals surface area (Å²) in [5.41, 5.74) is 7.33. The first kappa shape index (κ1) is 10.3. The normalized spacial score (nSPS) is 26.7. The van der Waals surface area contributed by atoms with E-state index >= 15 is 0 Å². The van der Waals surface area contributed by atoms with Gasteiger partial charge in [-0.1, -0.05) is 0 Å². The van der Waals surface area contributed by atoms with Gasteiger partial charge in [0.2, 0.25) is 0 Å². The van der Waals surface area contributed by atoms with Crippen LogP contribution in [0.15, 0.2) is 6.20 Å². The molecule has 0 aromatic carbocycles. The summed E-state index contributed by atoms with van der Waals surface area (Å²) in [7, 11) is 0. The Kier molecular flexibility index (Phi) is 2.69. The van der Waals surface area contributed by atoms with Crippen LogP contribution < -0.4 is 11.1 Å². The van der Waals surface area contributed by atoms with Gasteiger partial charge in [0.15, 0.2) is 0 Å². The van der Waals surface area contributed by atoms with Gasteiger partial charge in [0.1, 0.15) is 5.82 Å². The maximum atomic E-state index is 5.99. The second kappa shape index (κ2) is 4.18. The Morgan fingerprint density at radius 2 is 2.12 bits per heavy atom. The molecule has 1 atom stereocenters. The van der Waals surface area contributed by atoms with Crippen molar-refractivity contribution in [3.05, 3.63) is 17.7 Å². The third kappa shape index (κ3) is 1.76. The van der Waals surface area contributed by atoms with Crippen molar-refractivity contribution < 1.29 is 0 Å². The van der Waals surface area contributed by atoms with E-state index in [1.165, 1.54) is 24.4 Å². The molecule has 1 fully saturated rings. The number of imidazole rings is 1. The number of hydrogen-bond acceptors (Lipinski definition) is 3. The molecule has 0 spiro atoms. The lowest BCUT2D eigenvalue weighted by atomic mass is 9.96. The van der Waals surface area contributed by atoms with Crippen LogP contribution in [0, 0.1) is 0 Å². The van der Waals surface area contributed by atoms with Gasteiger partial charge in [0, 0.05) is 36.8 Å². The molecule has 4 nitrogen and oxygen atoms in total. The van der Waals surface area contributed by atoms with Crippen molar-refractivity contribution in [1.82, 2.24) is 14.9 Å². The van der Waals surface area contributed by atoms with E-state index in [0.29, 0.717) is 12.0 Å². The summed E-state index contributed by atoms with van der Waals surface area (Å²) in [5.74, 6) is 1.97. The highest BCUT2D eigenvalue weighted by molar-refractivity contribution is 5.13. The number of hydrogen-bond donors (Lipinski definition) is 2. The molecule has 2 aliphatic rings. The average molecular weight is 220 g/mol. The van der Waals surface area contributed by atoms with Crippen LogP contribution in [0.3, 0.4) is 0 Å². The molecule has 2 aliphatic heterocycles. The summed E-state index contributed by atoms with van der Waals surface area (Å²) in [6.45, 7) is 3.33. The molecule has 16 heavy (non-hydrogen) atoms. The number of nitrogens with zero attached hydrogens (tertiary/aromatic N) is 2. The SMILES string of the molecule is NC1CCn2c(cnc2C2CCNCC2)C1. The van der Waals surface area contributed by atoms with Crippen LogP contribution in [0.2, 0.25) is 0 Å². The van der Waals surface area contributed by atoms with Crippen molar-refractivity contribution in [1.29, 1.82) is 0 Å². The predicted molar refractivity (Wildman–Crippen MR) is 63.4 cm³/mol. The zero-order chi connectivity index (χ0) is 11.0. The molecule has 0 aliphatic carbocycles. The molecule has 3 heterocycles. The first-order chi connectivity index (χ1) is 7.84. The number of rotatable bonds is 1. The highest BCUT2D eigenvalue weighted by atomic mass is 15.1. The quantitative estimate of drug-likeness (QED) is 0.729. The molecule has 3 N–H and O–H groups in total. The summed E-state index contributed by atoms with van der Waals surface area (Å²) in [4.78, 5) is 4.64. The first-order valence-corrected chi connectivity index (χ1v) is 6.35. The zero-order valence-corrected chi connectivity index (χ0v) is 9.65. The van der Waals surface area contributed by atoms with Gasteiger partial charge in [0.25, 0.3) is 0 Å². The monoisotopic (exact) mass is 220 g/mol. The molecule has 0 amide bonds. The second-order valence-corrected chi connectivity index (χ2v) is 5.04. The van der Waals surface area contributed by atoms with Gasteiger partial charge in [-0.15, -0.1) is 0 Å². The number of piperidine rings is 1. The van der Waals surface area contributed by atoms with Crippen LogP contribution in [-0.4, -0.2) is 28.7 Å². The van der Waals surface area contributed by atoms with E-state index in [4.69, 9.17) is 5.73 Å². The van der Waals surface area contributed by atoms with Crippen molar-refractivity contribution in [2.75, 3.05) is 13.1 Å². The molecule has 1 aromatic rings. The van der Waals surface area contributed by atoms with Crippen molar-refractivity contribution in [3.8, 4) is 0 Å². The molecule has 1 aromatic heterocycles. The first-order valence-electron chi connectivity index (χ1n) is 6.35. The van der Waals surface area contributed by atoms with E-state index in [-0.39, 0.29) is 0 Å². The van der Waals surface area contributed by atoms with Gasteiger partial charge >= 0.3 is 0 Å². The summed E-state index contributed by atoms with van der Waals surface area (Å²) in [5, 5.41) is 3.41. The Morgan fingerprint density at radius 3 is 2.94 bits per heavy atom. The predicted octanol–water partition coefficient (Wildman–Crippen LogP) is 0.624. The topological polar surface area (TPSA) is 55.9 Å². The van der Waals surface area contributed by atoms with Crippen LogP contribution >= 0.6 is 0 Å². The van der Waals surface area contributed by atoms with Crippen LogP contribution in [-0.2, 0) is 13.0 Å². The Hall–Kier alpha value is -0.870. The van der Waals surface area contributed by atoms with Crippen molar-refractivity contribution in [2.45, 2.75) is 44.2 Å². The third-order valence-electron chi connectivity index (χ3n) is 3.87. The van der Waals surface area contributed by atoms with E-state index in [0.717, 1.165) is 32.5 Å². The lowest BCUT2D eigenvalue weighted by molar-refractivity contribution is 0.404. The van der Waals surface area contributed by atoms with E-state index in [1.807, 2.05) is 6.20 Å². The molecule has 0 saturated carbocycles. The van der Waals surface area contributed by atoms with E-state index in [2.05, 4.69) is 14.9 Å². The Balaban J connectivity index is 1.85. The fraction of sp³-hybridized carbons (Fsp3) is 0.750. The van der Waals surface area contributed by atoms with Gasteiger partial charge in [-0.3, -0.25) is 0 Å². The molecule has 0 radical (unpaired) electrons. The summed E-state index contributed by atoms with van der Waals surface area (Å²) >= 11 is 0. The van der Waals surface area contributed by atoms with Gasteiger partial charge in [-0.25, -0.2) is 4.98 Å². The second-order valence-electron chi connectivity index (χ2n) is 5.04. The highest BCUT2D eigenvalue weighted by Gasteiger charge is 2.24. The minimum absolute atomic E-state index is 0.338. The molecular weight excluding hydrogens is 200 g/mol.